The smallest absolute Gasteiger partial charge is 0.325 e. The lowest BCUT2D eigenvalue weighted by Gasteiger charge is -2.34. The molecule has 0 bridgehead atoms. The summed E-state index contributed by atoms with van der Waals surface area (Å²) in [5.41, 5.74) is -0.656. The van der Waals surface area contributed by atoms with Gasteiger partial charge >= 0.3 is 6.03 Å². The van der Waals surface area contributed by atoms with Crippen molar-refractivity contribution in [3.63, 3.8) is 0 Å². The summed E-state index contributed by atoms with van der Waals surface area (Å²) in [6.07, 6.45) is 0.276. The van der Waals surface area contributed by atoms with E-state index in [2.05, 4.69) is 5.32 Å². The average molecular weight is 491 g/mol. The number of urea groups is 1. The number of hydrogen-bond donors (Lipinski definition) is 1. The van der Waals surface area contributed by atoms with E-state index in [1.807, 2.05) is 0 Å². The van der Waals surface area contributed by atoms with E-state index in [1.165, 1.54) is 9.21 Å². The van der Waals surface area contributed by atoms with Gasteiger partial charge in [-0.25, -0.2) is 13.2 Å². The van der Waals surface area contributed by atoms with Crippen LogP contribution >= 0.6 is 11.3 Å². The van der Waals surface area contributed by atoms with E-state index >= 15 is 0 Å². The van der Waals surface area contributed by atoms with E-state index < -0.39 is 40.0 Å². The number of fused-ring (bicyclic) bond motifs is 2. The van der Waals surface area contributed by atoms with Crippen molar-refractivity contribution < 1.29 is 27.5 Å². The Hall–Kier alpha value is -2.96. The van der Waals surface area contributed by atoms with E-state index in [9.17, 15) is 22.8 Å². The number of nitrogens with zero attached hydrogens (tertiary/aromatic N) is 3. The molecule has 1 atom stereocenters. The molecule has 10 nitrogen and oxygen atoms in total. The maximum Gasteiger partial charge on any atom is 0.325 e. The highest BCUT2D eigenvalue weighted by Gasteiger charge is 2.55. The van der Waals surface area contributed by atoms with Crippen LogP contribution in [0.5, 0.6) is 5.75 Å². The highest BCUT2D eigenvalue weighted by molar-refractivity contribution is 7.91. The van der Waals surface area contributed by atoms with Crippen molar-refractivity contribution in [2.24, 2.45) is 0 Å². The Morgan fingerprint density at radius 1 is 1.09 bits per heavy atom. The van der Waals surface area contributed by atoms with Gasteiger partial charge in [0.1, 0.15) is 16.5 Å². The summed E-state index contributed by atoms with van der Waals surface area (Å²) in [7, 11) is -3.58. The van der Waals surface area contributed by atoms with Crippen molar-refractivity contribution in [2.75, 3.05) is 39.3 Å². The van der Waals surface area contributed by atoms with Crippen molar-refractivity contribution in [1.82, 2.24) is 19.4 Å². The van der Waals surface area contributed by atoms with Crippen molar-refractivity contribution >= 4 is 39.2 Å². The molecule has 0 aliphatic carbocycles. The molecule has 4 amide bonds. The monoisotopic (exact) mass is 490 g/mol. The van der Waals surface area contributed by atoms with Crippen LogP contribution in [-0.4, -0.2) is 79.7 Å². The number of hydrogen-bond acceptors (Lipinski definition) is 7. The predicted octanol–water partition coefficient (Wildman–Crippen LogP) is 0.811. The minimum absolute atomic E-state index is 0.154. The Bertz CT molecular complexity index is 1210. The van der Waals surface area contributed by atoms with Gasteiger partial charge in [-0.3, -0.25) is 14.5 Å². The van der Waals surface area contributed by atoms with Gasteiger partial charge in [-0.05, 0) is 17.5 Å². The molecule has 2 aromatic rings. The number of para-hydroxylation sites is 1. The molecule has 12 heteroatoms. The average Bonchev–Trinajstić information content (AvgIpc) is 3.44. The van der Waals surface area contributed by atoms with Gasteiger partial charge in [0.25, 0.3) is 15.9 Å². The second-order valence-electron chi connectivity index (χ2n) is 8.04. The zero-order valence-corrected chi connectivity index (χ0v) is 19.2. The third-order valence-corrected chi connectivity index (χ3v) is 9.50. The molecule has 1 spiro atoms. The van der Waals surface area contributed by atoms with Crippen LogP contribution in [0.1, 0.15) is 12.0 Å². The number of amides is 4. The Morgan fingerprint density at radius 3 is 2.58 bits per heavy atom. The number of sulfonamides is 1. The first-order valence-corrected chi connectivity index (χ1v) is 12.8. The third kappa shape index (κ3) is 3.58. The highest BCUT2D eigenvalue weighted by atomic mass is 32.2. The van der Waals surface area contributed by atoms with Crippen LogP contribution < -0.4 is 10.1 Å². The van der Waals surface area contributed by atoms with Crippen molar-refractivity contribution in [3.8, 4) is 5.75 Å². The molecule has 1 aromatic heterocycles. The molecule has 174 valence electrons. The molecular weight excluding hydrogens is 468 g/mol. The zero-order chi connectivity index (χ0) is 23.2. The number of nitrogens with one attached hydrogen (secondary N) is 1. The first-order valence-electron chi connectivity index (χ1n) is 10.5. The second kappa shape index (κ2) is 8.12. The summed E-state index contributed by atoms with van der Waals surface area (Å²) < 4.78 is 32.6. The molecule has 3 aliphatic rings. The second-order valence-corrected chi connectivity index (χ2v) is 11.2. The molecule has 3 aliphatic heterocycles. The minimum Gasteiger partial charge on any atom is -0.493 e. The fraction of sp³-hybridized carbons (Fsp3) is 0.381. The van der Waals surface area contributed by atoms with Gasteiger partial charge in [0.2, 0.25) is 5.91 Å². The van der Waals surface area contributed by atoms with Crippen LogP contribution in [0.15, 0.2) is 46.0 Å². The predicted molar refractivity (Wildman–Crippen MR) is 118 cm³/mol. The van der Waals surface area contributed by atoms with Gasteiger partial charge in [-0.1, -0.05) is 24.3 Å². The van der Waals surface area contributed by atoms with E-state index in [0.717, 1.165) is 16.2 Å². The summed E-state index contributed by atoms with van der Waals surface area (Å²) in [5, 5.41) is 4.48. The van der Waals surface area contributed by atoms with E-state index in [-0.39, 0.29) is 43.4 Å². The normalized spacial score (nSPS) is 23.4. The summed E-state index contributed by atoms with van der Waals surface area (Å²) in [6.45, 7) is 0.559. The molecule has 4 heterocycles. The van der Waals surface area contributed by atoms with Gasteiger partial charge < -0.3 is 15.0 Å². The van der Waals surface area contributed by atoms with Crippen molar-refractivity contribution in [1.29, 1.82) is 0 Å². The fourth-order valence-corrected chi connectivity index (χ4v) is 7.03. The SMILES string of the molecule is O=C(CN1C(=O)N[C@@]2(CCOc3ccccc32)C1=O)N1CCN(S(=O)(=O)c2cccs2)CC1. The summed E-state index contributed by atoms with van der Waals surface area (Å²) in [6, 6.07) is 9.66. The number of ether oxygens (including phenoxy) is 1. The van der Waals surface area contributed by atoms with Gasteiger partial charge in [0, 0.05) is 38.2 Å². The van der Waals surface area contributed by atoms with Crippen LogP contribution in [0.4, 0.5) is 4.79 Å². The maximum atomic E-state index is 13.3. The molecule has 0 radical (unpaired) electrons. The van der Waals surface area contributed by atoms with E-state index in [1.54, 1.807) is 41.8 Å². The topological polar surface area (TPSA) is 116 Å². The number of carbonyl (C=O) groups is 3. The zero-order valence-electron chi connectivity index (χ0n) is 17.6. The first-order chi connectivity index (χ1) is 15.8. The summed E-state index contributed by atoms with van der Waals surface area (Å²) >= 11 is 1.15. The number of benzene rings is 1. The van der Waals surface area contributed by atoms with Gasteiger partial charge in [0.15, 0.2) is 5.54 Å². The Kier molecular flexibility index (Phi) is 5.38. The van der Waals surface area contributed by atoms with Crippen LogP contribution in [0, 0.1) is 0 Å². The third-order valence-electron chi connectivity index (χ3n) is 6.23. The molecule has 1 N–H and O–H groups in total. The molecule has 2 saturated heterocycles. The Morgan fingerprint density at radius 2 is 1.85 bits per heavy atom. The highest BCUT2D eigenvalue weighted by Crippen LogP contribution is 2.40. The first kappa shape index (κ1) is 21.9. The van der Waals surface area contributed by atoms with Crippen molar-refractivity contribution in [3.05, 3.63) is 47.3 Å². The molecule has 0 saturated carbocycles. The molecule has 1 aromatic carbocycles. The summed E-state index contributed by atoms with van der Waals surface area (Å²) in [4.78, 5) is 41.4. The maximum absolute atomic E-state index is 13.3. The van der Waals surface area contributed by atoms with Crippen LogP contribution in [0.3, 0.4) is 0 Å². The Balaban J connectivity index is 1.26. The number of imide groups is 1. The van der Waals surface area contributed by atoms with Crippen LogP contribution in [0.2, 0.25) is 0 Å². The van der Waals surface area contributed by atoms with E-state index in [0.29, 0.717) is 11.3 Å². The van der Waals surface area contributed by atoms with Gasteiger partial charge in [0.05, 0.1) is 6.61 Å². The Labute approximate surface area is 194 Å². The van der Waals surface area contributed by atoms with Gasteiger partial charge in [-0.2, -0.15) is 4.31 Å². The fourth-order valence-electron chi connectivity index (χ4n) is 4.47. The van der Waals surface area contributed by atoms with E-state index in [4.69, 9.17) is 4.74 Å². The lowest BCUT2D eigenvalue weighted by atomic mass is 9.84. The summed E-state index contributed by atoms with van der Waals surface area (Å²) in [5.74, 6) is -0.340. The van der Waals surface area contributed by atoms with Crippen molar-refractivity contribution in [2.45, 2.75) is 16.2 Å². The number of thiophene rings is 1. The number of rotatable bonds is 4. The lowest BCUT2D eigenvalue weighted by Crippen LogP contribution is -2.53. The van der Waals surface area contributed by atoms with Crippen LogP contribution in [0.25, 0.3) is 0 Å². The molecule has 0 unspecified atom stereocenters. The standard InChI is InChI=1S/C21H22N4O6S2/c26-17(23-8-10-24(11-9-23)33(29,30)18-6-3-13-32-18)14-25-19(27)21(22-20(25)28)7-12-31-16-5-2-1-4-15(16)21/h1-6,13H,7-12,14H2,(H,22,28)/t21-/m1/s1. The van der Waals surface area contributed by atoms with Crippen LogP contribution in [-0.2, 0) is 25.2 Å². The number of carbonyl (C=O) groups excluding carboxylic acids is 3. The number of piperazine rings is 1. The molecular formula is C21H22N4O6S2. The lowest BCUT2D eigenvalue weighted by molar-refractivity contribution is -0.140. The molecule has 2 fully saturated rings. The quantitative estimate of drug-likeness (QED) is 0.634. The molecule has 33 heavy (non-hydrogen) atoms. The van der Waals surface area contributed by atoms with Gasteiger partial charge in [-0.15, -0.1) is 11.3 Å². The largest absolute Gasteiger partial charge is 0.493 e. The molecule has 5 rings (SSSR count). The minimum atomic E-state index is -3.58.